The average molecular weight is 259 g/mol. The number of likely N-dealkylation sites (tertiary alicyclic amines) is 1. The number of hydrogen-bond acceptors (Lipinski definition) is 3. The van der Waals surface area contributed by atoms with Crippen LogP contribution in [0.15, 0.2) is 12.1 Å². The van der Waals surface area contributed by atoms with Crippen LogP contribution in [0.25, 0.3) is 0 Å². The Labute approximate surface area is 116 Å². The first-order valence-electron chi connectivity index (χ1n) is 7.72. The highest BCUT2D eigenvalue weighted by Crippen LogP contribution is 2.34. The Morgan fingerprint density at radius 1 is 1.37 bits per heavy atom. The second-order valence-corrected chi connectivity index (χ2v) is 5.97. The summed E-state index contributed by atoms with van der Waals surface area (Å²) in [5.74, 6) is 1.84. The molecule has 2 atom stereocenters. The predicted octanol–water partition coefficient (Wildman–Crippen LogP) is 2.71. The molecule has 3 nitrogen and oxygen atoms in total. The van der Waals surface area contributed by atoms with E-state index in [9.17, 15) is 0 Å². The maximum absolute atomic E-state index is 4.76. The summed E-state index contributed by atoms with van der Waals surface area (Å²) in [4.78, 5) is 7.49. The average Bonchev–Trinajstić information content (AvgIpc) is 2.45. The second kappa shape index (κ2) is 5.49. The van der Waals surface area contributed by atoms with Crippen LogP contribution in [-0.2, 0) is 12.8 Å². The van der Waals surface area contributed by atoms with Crippen LogP contribution in [-0.4, -0.2) is 36.1 Å². The lowest BCUT2D eigenvalue weighted by Gasteiger charge is -2.44. The quantitative estimate of drug-likeness (QED) is 0.904. The van der Waals surface area contributed by atoms with Gasteiger partial charge in [0.2, 0.25) is 0 Å². The third-order valence-corrected chi connectivity index (χ3v) is 4.75. The van der Waals surface area contributed by atoms with Crippen LogP contribution in [0.1, 0.15) is 37.4 Å². The molecule has 1 aromatic rings. The molecule has 1 fully saturated rings. The van der Waals surface area contributed by atoms with Gasteiger partial charge in [-0.3, -0.25) is 4.90 Å². The van der Waals surface area contributed by atoms with Crippen LogP contribution in [0, 0.1) is 5.92 Å². The third-order valence-electron chi connectivity index (χ3n) is 4.75. The smallest absolute Gasteiger partial charge is 0.125 e. The Bertz CT molecular complexity index is 442. The zero-order chi connectivity index (χ0) is 13.2. The Morgan fingerprint density at radius 3 is 3.05 bits per heavy atom. The van der Waals surface area contributed by atoms with Gasteiger partial charge in [0, 0.05) is 18.8 Å². The lowest BCUT2D eigenvalue weighted by Crippen LogP contribution is -2.49. The number of rotatable bonds is 3. The Morgan fingerprint density at radius 2 is 2.26 bits per heavy atom. The van der Waals surface area contributed by atoms with Gasteiger partial charge in [0.05, 0.1) is 0 Å². The van der Waals surface area contributed by atoms with Crippen molar-refractivity contribution in [2.75, 3.05) is 25.5 Å². The van der Waals surface area contributed by atoms with Gasteiger partial charge < -0.3 is 5.32 Å². The highest BCUT2D eigenvalue weighted by molar-refractivity contribution is 5.39. The fourth-order valence-corrected chi connectivity index (χ4v) is 3.82. The molecule has 3 heteroatoms. The van der Waals surface area contributed by atoms with E-state index in [0.717, 1.165) is 17.8 Å². The number of anilines is 1. The zero-order valence-corrected chi connectivity index (χ0v) is 12.2. The highest BCUT2D eigenvalue weighted by atomic mass is 15.2. The molecule has 2 aliphatic rings. The van der Waals surface area contributed by atoms with E-state index in [2.05, 4.69) is 29.3 Å². The first-order chi connectivity index (χ1) is 9.31. The summed E-state index contributed by atoms with van der Waals surface area (Å²) < 4.78 is 0. The minimum Gasteiger partial charge on any atom is -0.373 e. The van der Waals surface area contributed by atoms with E-state index < -0.39 is 0 Å². The molecule has 104 valence electrons. The molecule has 2 heterocycles. The van der Waals surface area contributed by atoms with Crippen LogP contribution in [0.2, 0.25) is 0 Å². The monoisotopic (exact) mass is 259 g/mol. The van der Waals surface area contributed by atoms with E-state index in [-0.39, 0.29) is 0 Å². The number of nitrogens with zero attached hydrogens (tertiary/aromatic N) is 2. The molecule has 1 saturated heterocycles. The molecule has 1 N–H and O–H groups in total. The molecule has 0 aromatic carbocycles. The molecule has 1 aromatic heterocycles. The number of hydrogen-bond donors (Lipinski definition) is 1. The Kier molecular flexibility index (Phi) is 3.74. The molecule has 0 spiro atoms. The summed E-state index contributed by atoms with van der Waals surface area (Å²) in [7, 11) is 1.95. The summed E-state index contributed by atoms with van der Waals surface area (Å²) in [5, 5.41) is 3.16. The van der Waals surface area contributed by atoms with Crippen molar-refractivity contribution in [3.63, 3.8) is 0 Å². The van der Waals surface area contributed by atoms with E-state index in [1.807, 2.05) is 7.05 Å². The van der Waals surface area contributed by atoms with E-state index in [1.54, 1.807) is 0 Å². The lowest BCUT2D eigenvalue weighted by atomic mass is 9.77. The van der Waals surface area contributed by atoms with Crippen LogP contribution in [0.5, 0.6) is 0 Å². The topological polar surface area (TPSA) is 28.2 Å². The SMILES string of the molecule is CCCN1CCC[C@@H]2Cc3nc(NC)ccc3C[C@H]21. The van der Waals surface area contributed by atoms with Gasteiger partial charge in [0.1, 0.15) is 5.82 Å². The van der Waals surface area contributed by atoms with Crippen LogP contribution in [0.4, 0.5) is 5.82 Å². The minimum absolute atomic E-state index is 0.767. The van der Waals surface area contributed by atoms with Crippen molar-refractivity contribution >= 4 is 5.82 Å². The van der Waals surface area contributed by atoms with Crippen molar-refractivity contribution in [3.05, 3.63) is 23.4 Å². The Hall–Kier alpha value is -1.09. The number of piperidine rings is 1. The molecule has 3 rings (SSSR count). The molecule has 19 heavy (non-hydrogen) atoms. The second-order valence-electron chi connectivity index (χ2n) is 5.97. The van der Waals surface area contributed by atoms with E-state index in [0.29, 0.717) is 0 Å². The van der Waals surface area contributed by atoms with Gasteiger partial charge in [0.15, 0.2) is 0 Å². The normalized spacial score (nSPS) is 26.6. The standard InChI is InChI=1S/C16H25N3/c1-3-8-19-9-4-5-13-10-14-12(11-15(13)19)6-7-16(17-2)18-14/h6-7,13,15H,3-5,8-11H2,1-2H3,(H,17,18)/t13-,15-/m1/s1. The number of aromatic nitrogens is 1. The molecule has 0 radical (unpaired) electrons. The summed E-state index contributed by atoms with van der Waals surface area (Å²) in [6, 6.07) is 5.17. The fourth-order valence-electron chi connectivity index (χ4n) is 3.82. The van der Waals surface area contributed by atoms with Gasteiger partial charge >= 0.3 is 0 Å². The maximum atomic E-state index is 4.76. The summed E-state index contributed by atoms with van der Waals surface area (Å²) in [6.07, 6.45) is 6.40. The number of fused-ring (bicyclic) bond motifs is 2. The molecule has 0 amide bonds. The highest BCUT2D eigenvalue weighted by Gasteiger charge is 2.35. The van der Waals surface area contributed by atoms with Gasteiger partial charge in [-0.25, -0.2) is 4.98 Å². The molecule has 0 unspecified atom stereocenters. The van der Waals surface area contributed by atoms with E-state index in [1.165, 1.54) is 56.5 Å². The van der Waals surface area contributed by atoms with Crippen molar-refractivity contribution in [2.24, 2.45) is 5.92 Å². The zero-order valence-electron chi connectivity index (χ0n) is 12.2. The van der Waals surface area contributed by atoms with Crippen LogP contribution < -0.4 is 5.32 Å². The van der Waals surface area contributed by atoms with Crippen molar-refractivity contribution in [1.29, 1.82) is 0 Å². The maximum Gasteiger partial charge on any atom is 0.125 e. The van der Waals surface area contributed by atoms with Gasteiger partial charge in [0.25, 0.3) is 0 Å². The molecule has 0 bridgehead atoms. The van der Waals surface area contributed by atoms with E-state index in [4.69, 9.17) is 4.98 Å². The molecule has 0 saturated carbocycles. The third kappa shape index (κ3) is 2.48. The van der Waals surface area contributed by atoms with Crippen molar-refractivity contribution in [3.8, 4) is 0 Å². The first kappa shape index (κ1) is 12.9. The molecular formula is C16H25N3. The van der Waals surface area contributed by atoms with Crippen LogP contribution in [0.3, 0.4) is 0 Å². The van der Waals surface area contributed by atoms with E-state index >= 15 is 0 Å². The van der Waals surface area contributed by atoms with Crippen molar-refractivity contribution in [1.82, 2.24) is 9.88 Å². The van der Waals surface area contributed by atoms with Gasteiger partial charge in [-0.1, -0.05) is 13.0 Å². The van der Waals surface area contributed by atoms with Gasteiger partial charge in [-0.05, 0) is 62.7 Å². The summed E-state index contributed by atoms with van der Waals surface area (Å²) in [5.41, 5.74) is 2.81. The first-order valence-corrected chi connectivity index (χ1v) is 7.72. The molecule has 1 aliphatic carbocycles. The molecule has 1 aliphatic heterocycles. The van der Waals surface area contributed by atoms with Crippen LogP contribution >= 0.6 is 0 Å². The van der Waals surface area contributed by atoms with Gasteiger partial charge in [-0.15, -0.1) is 0 Å². The van der Waals surface area contributed by atoms with Crippen molar-refractivity contribution in [2.45, 2.75) is 45.1 Å². The largest absolute Gasteiger partial charge is 0.373 e. The minimum atomic E-state index is 0.767. The number of nitrogens with one attached hydrogen (secondary N) is 1. The van der Waals surface area contributed by atoms with Gasteiger partial charge in [-0.2, -0.15) is 0 Å². The summed E-state index contributed by atoms with van der Waals surface area (Å²) >= 11 is 0. The number of pyridine rings is 1. The summed E-state index contributed by atoms with van der Waals surface area (Å²) in [6.45, 7) is 4.85. The Balaban J connectivity index is 1.84. The lowest BCUT2D eigenvalue weighted by molar-refractivity contribution is 0.0846. The fraction of sp³-hybridized carbons (Fsp3) is 0.688. The van der Waals surface area contributed by atoms with Crippen molar-refractivity contribution < 1.29 is 0 Å². The molecular weight excluding hydrogens is 234 g/mol. The predicted molar refractivity (Wildman–Crippen MR) is 79.6 cm³/mol.